The summed E-state index contributed by atoms with van der Waals surface area (Å²) in [5, 5.41) is 1.11. The maximum absolute atomic E-state index is 5.66. The van der Waals surface area contributed by atoms with Crippen molar-refractivity contribution >= 4 is 16.6 Å². The molecule has 0 bridgehead atoms. The molecule has 0 fully saturated rings. The van der Waals surface area contributed by atoms with Gasteiger partial charge in [0.2, 0.25) is 0 Å². The summed E-state index contributed by atoms with van der Waals surface area (Å²) in [4.78, 5) is 4.70. The van der Waals surface area contributed by atoms with Gasteiger partial charge in [0.05, 0.1) is 11.2 Å². The van der Waals surface area contributed by atoms with E-state index in [4.69, 9.17) is 10.8 Å². The zero-order valence-electron chi connectivity index (χ0n) is 12.0. The number of pyridine rings is 1. The van der Waals surface area contributed by atoms with Crippen molar-refractivity contribution in [2.75, 3.05) is 5.43 Å². The lowest BCUT2D eigenvalue weighted by Gasteiger charge is -2.13. The van der Waals surface area contributed by atoms with E-state index in [0.717, 1.165) is 41.5 Å². The normalized spacial score (nSPS) is 12.6. The highest BCUT2D eigenvalue weighted by molar-refractivity contribution is 5.91. The van der Waals surface area contributed by atoms with Crippen molar-refractivity contribution in [2.24, 2.45) is 5.84 Å². The molecule has 0 spiro atoms. The van der Waals surface area contributed by atoms with E-state index in [-0.39, 0.29) is 0 Å². The van der Waals surface area contributed by atoms with Gasteiger partial charge >= 0.3 is 0 Å². The summed E-state index contributed by atoms with van der Waals surface area (Å²) in [5.41, 5.74) is 7.24. The Morgan fingerprint density at radius 2 is 2.05 bits per heavy atom. The Morgan fingerprint density at radius 3 is 2.68 bits per heavy atom. The summed E-state index contributed by atoms with van der Waals surface area (Å²) in [6, 6.07) is 8.56. The van der Waals surface area contributed by atoms with Crippen LogP contribution < -0.4 is 11.3 Å². The van der Waals surface area contributed by atoms with Crippen LogP contribution in [0.5, 0.6) is 0 Å². The van der Waals surface area contributed by atoms with Crippen molar-refractivity contribution in [1.29, 1.82) is 0 Å². The molecule has 102 valence electrons. The number of nitrogen functional groups attached to an aromatic ring is 1. The lowest BCUT2D eigenvalue weighted by Crippen LogP contribution is -2.08. The average Bonchev–Trinajstić information content (AvgIpc) is 2.45. The topological polar surface area (TPSA) is 50.9 Å². The average molecular weight is 257 g/mol. The molecule has 0 aliphatic heterocycles. The van der Waals surface area contributed by atoms with E-state index in [1.54, 1.807) is 0 Å². The number of nitrogens with one attached hydrogen (secondary N) is 1. The van der Waals surface area contributed by atoms with Gasteiger partial charge in [0.25, 0.3) is 0 Å². The minimum Gasteiger partial charge on any atom is -0.323 e. The molecule has 0 aliphatic rings. The first-order valence-electron chi connectivity index (χ1n) is 7.09. The second-order valence-electron chi connectivity index (χ2n) is 5.14. The van der Waals surface area contributed by atoms with E-state index in [9.17, 15) is 0 Å². The minimum absolute atomic E-state index is 0.561. The smallest absolute Gasteiger partial charge is 0.0726 e. The minimum atomic E-state index is 0.561. The van der Waals surface area contributed by atoms with E-state index in [0.29, 0.717) is 5.92 Å². The second kappa shape index (κ2) is 6.02. The molecule has 3 N–H and O–H groups in total. The first kappa shape index (κ1) is 13.8. The van der Waals surface area contributed by atoms with Gasteiger partial charge in [-0.05, 0) is 42.5 Å². The Hall–Kier alpha value is -1.61. The highest BCUT2D eigenvalue weighted by atomic mass is 15.2. The van der Waals surface area contributed by atoms with Gasteiger partial charge in [0, 0.05) is 11.1 Å². The number of hydrogen-bond acceptors (Lipinski definition) is 3. The Bertz CT molecular complexity index is 563. The quantitative estimate of drug-likeness (QED) is 0.629. The predicted octanol–water partition coefficient (Wildman–Crippen LogP) is 3.99. The van der Waals surface area contributed by atoms with Crippen LogP contribution in [0.3, 0.4) is 0 Å². The molecular formula is C16H23N3. The number of fused-ring (bicyclic) bond motifs is 1. The number of nitrogens with two attached hydrogens (primary N) is 1. The summed E-state index contributed by atoms with van der Waals surface area (Å²) in [6.45, 7) is 6.61. The molecule has 0 amide bonds. The van der Waals surface area contributed by atoms with Gasteiger partial charge in [-0.3, -0.25) is 10.8 Å². The number of aromatic nitrogens is 1. The highest BCUT2D eigenvalue weighted by Crippen LogP contribution is 2.28. The third-order valence-electron chi connectivity index (χ3n) is 3.73. The Morgan fingerprint density at radius 1 is 1.26 bits per heavy atom. The molecule has 1 unspecified atom stereocenters. The number of hydrogen-bond donors (Lipinski definition) is 2. The van der Waals surface area contributed by atoms with Gasteiger partial charge in [-0.25, -0.2) is 0 Å². The molecule has 0 radical (unpaired) electrons. The standard InChI is InChI=1S/C16H23N3/c1-4-6-13-10-16(19-17)14-9-12(11(3)5-2)7-8-15(14)18-13/h7-11H,4-6,17H2,1-3H3,(H,18,19). The molecule has 19 heavy (non-hydrogen) atoms. The van der Waals surface area contributed by atoms with Crippen molar-refractivity contribution in [1.82, 2.24) is 4.98 Å². The molecule has 0 saturated heterocycles. The number of nitrogens with zero attached hydrogens (tertiary/aromatic N) is 1. The molecule has 3 heteroatoms. The molecule has 1 atom stereocenters. The highest BCUT2D eigenvalue weighted by Gasteiger charge is 2.08. The lowest BCUT2D eigenvalue weighted by atomic mass is 9.96. The molecule has 2 rings (SSSR count). The first-order valence-corrected chi connectivity index (χ1v) is 7.09. The van der Waals surface area contributed by atoms with Gasteiger partial charge < -0.3 is 5.43 Å². The monoisotopic (exact) mass is 257 g/mol. The van der Waals surface area contributed by atoms with Crippen LogP contribution in [-0.4, -0.2) is 4.98 Å². The van der Waals surface area contributed by atoms with Crippen LogP contribution in [0.15, 0.2) is 24.3 Å². The van der Waals surface area contributed by atoms with Crippen LogP contribution in [0, 0.1) is 0 Å². The fourth-order valence-corrected chi connectivity index (χ4v) is 2.34. The molecule has 2 aromatic rings. The Kier molecular flexibility index (Phi) is 4.38. The van der Waals surface area contributed by atoms with Crippen molar-refractivity contribution in [2.45, 2.75) is 46.0 Å². The van der Waals surface area contributed by atoms with E-state index < -0.39 is 0 Å². The fourth-order valence-electron chi connectivity index (χ4n) is 2.34. The van der Waals surface area contributed by atoms with E-state index in [2.05, 4.69) is 50.5 Å². The van der Waals surface area contributed by atoms with Crippen LogP contribution in [0.25, 0.3) is 10.9 Å². The maximum atomic E-state index is 5.66. The van der Waals surface area contributed by atoms with Crippen molar-refractivity contribution < 1.29 is 0 Å². The van der Waals surface area contributed by atoms with Gasteiger partial charge in [-0.1, -0.05) is 33.3 Å². The van der Waals surface area contributed by atoms with Crippen LogP contribution in [0.4, 0.5) is 5.69 Å². The summed E-state index contributed by atoms with van der Waals surface area (Å²) in [7, 11) is 0. The summed E-state index contributed by atoms with van der Waals surface area (Å²) < 4.78 is 0. The zero-order chi connectivity index (χ0) is 13.8. The summed E-state index contributed by atoms with van der Waals surface area (Å²) in [6.07, 6.45) is 3.21. The van der Waals surface area contributed by atoms with Crippen LogP contribution in [0.1, 0.15) is 50.8 Å². The Balaban J connectivity index is 2.55. The number of rotatable bonds is 5. The number of aryl methyl sites for hydroxylation is 1. The largest absolute Gasteiger partial charge is 0.323 e. The molecule has 1 aromatic heterocycles. The second-order valence-corrected chi connectivity index (χ2v) is 5.14. The third kappa shape index (κ3) is 2.87. The van der Waals surface area contributed by atoms with Crippen LogP contribution in [-0.2, 0) is 6.42 Å². The van der Waals surface area contributed by atoms with Crippen molar-refractivity contribution in [3.8, 4) is 0 Å². The number of hydrazine groups is 1. The van der Waals surface area contributed by atoms with E-state index >= 15 is 0 Å². The van der Waals surface area contributed by atoms with E-state index in [1.807, 2.05) is 0 Å². The van der Waals surface area contributed by atoms with Gasteiger partial charge in [-0.15, -0.1) is 0 Å². The lowest BCUT2D eigenvalue weighted by molar-refractivity contribution is 0.734. The fraction of sp³-hybridized carbons (Fsp3) is 0.438. The SMILES string of the molecule is CCCc1cc(NN)c2cc(C(C)CC)ccc2n1. The van der Waals surface area contributed by atoms with Gasteiger partial charge in [0.15, 0.2) is 0 Å². The summed E-state index contributed by atoms with van der Waals surface area (Å²) >= 11 is 0. The van der Waals surface area contributed by atoms with Crippen LogP contribution >= 0.6 is 0 Å². The van der Waals surface area contributed by atoms with Crippen LogP contribution in [0.2, 0.25) is 0 Å². The zero-order valence-corrected chi connectivity index (χ0v) is 12.0. The third-order valence-corrected chi connectivity index (χ3v) is 3.73. The van der Waals surface area contributed by atoms with Gasteiger partial charge in [0.1, 0.15) is 0 Å². The predicted molar refractivity (Wildman–Crippen MR) is 82.3 cm³/mol. The molecule has 1 aromatic carbocycles. The molecule has 1 heterocycles. The molecule has 0 saturated carbocycles. The number of anilines is 1. The molecule has 3 nitrogen and oxygen atoms in total. The number of benzene rings is 1. The Labute approximate surface area is 115 Å². The summed E-state index contributed by atoms with van der Waals surface area (Å²) in [5.74, 6) is 6.22. The van der Waals surface area contributed by atoms with Crippen molar-refractivity contribution in [3.05, 3.63) is 35.5 Å². The first-order chi connectivity index (χ1) is 9.19. The molecular weight excluding hydrogens is 234 g/mol. The van der Waals surface area contributed by atoms with E-state index in [1.165, 1.54) is 5.56 Å². The van der Waals surface area contributed by atoms with Crippen molar-refractivity contribution in [3.63, 3.8) is 0 Å². The van der Waals surface area contributed by atoms with Gasteiger partial charge in [-0.2, -0.15) is 0 Å². The maximum Gasteiger partial charge on any atom is 0.0726 e. The molecule has 0 aliphatic carbocycles.